The van der Waals surface area contributed by atoms with Gasteiger partial charge in [0.15, 0.2) is 0 Å². The number of ether oxygens (including phenoxy) is 4. The lowest BCUT2D eigenvalue weighted by Crippen LogP contribution is -2.33. The van der Waals surface area contributed by atoms with Crippen molar-refractivity contribution < 1.29 is 41.1 Å². The second-order valence-corrected chi connectivity index (χ2v) is 7.82. The third kappa shape index (κ3) is 9.68. The van der Waals surface area contributed by atoms with E-state index in [9.17, 15) is 18.0 Å². The fourth-order valence-corrected chi connectivity index (χ4v) is 3.34. The van der Waals surface area contributed by atoms with Crippen molar-refractivity contribution in [3.05, 3.63) is 42.5 Å². The van der Waals surface area contributed by atoms with E-state index in [-0.39, 0.29) is 43.1 Å². The normalized spacial score (nSPS) is 14.0. The van der Waals surface area contributed by atoms with Gasteiger partial charge in [-0.1, -0.05) is 18.2 Å². The molecule has 0 atom stereocenters. The van der Waals surface area contributed by atoms with E-state index in [2.05, 4.69) is 0 Å². The molecular formula is C20H27NO9S. The highest BCUT2D eigenvalue weighted by Gasteiger charge is 2.22. The second kappa shape index (κ2) is 14.0. The summed E-state index contributed by atoms with van der Waals surface area (Å²) >= 11 is 0. The monoisotopic (exact) mass is 457 g/mol. The maximum Gasteiger partial charge on any atom is 0.297 e. The zero-order valence-corrected chi connectivity index (χ0v) is 18.0. The van der Waals surface area contributed by atoms with E-state index in [1.165, 1.54) is 24.3 Å². The summed E-state index contributed by atoms with van der Waals surface area (Å²) in [6, 6.07) is 7.91. The van der Waals surface area contributed by atoms with Crippen LogP contribution in [0.15, 0.2) is 47.4 Å². The predicted octanol–water partition coefficient (Wildman–Crippen LogP) is 0.383. The Bertz CT molecular complexity index is 793. The largest absolute Gasteiger partial charge is 0.377 e. The standard InChI is InChI=1S/C20H27NO9S/c22-19-6-7-20(23)21(19)8-9-26-10-11-27-12-13-28-14-15-29-16-17-30-31(24,25)18-4-2-1-3-5-18/h1-7H,8-17H2. The van der Waals surface area contributed by atoms with Gasteiger partial charge in [0.2, 0.25) is 0 Å². The molecule has 0 fully saturated rings. The number of amides is 2. The van der Waals surface area contributed by atoms with Crippen LogP contribution in [0.3, 0.4) is 0 Å². The summed E-state index contributed by atoms with van der Waals surface area (Å²) < 4.78 is 49.9. The topological polar surface area (TPSA) is 118 Å². The van der Waals surface area contributed by atoms with Crippen molar-refractivity contribution in [3.63, 3.8) is 0 Å². The van der Waals surface area contributed by atoms with Crippen LogP contribution in [0, 0.1) is 0 Å². The Balaban J connectivity index is 1.33. The van der Waals surface area contributed by atoms with Gasteiger partial charge in [-0.2, -0.15) is 8.42 Å². The Hall–Kier alpha value is -2.15. The predicted molar refractivity (Wildman–Crippen MR) is 109 cm³/mol. The Morgan fingerprint density at radius 2 is 1.10 bits per heavy atom. The summed E-state index contributed by atoms with van der Waals surface area (Å²) in [6.07, 6.45) is 2.47. The highest BCUT2D eigenvalue weighted by Crippen LogP contribution is 2.10. The van der Waals surface area contributed by atoms with Gasteiger partial charge < -0.3 is 18.9 Å². The molecule has 2 rings (SSSR count). The maximum atomic E-state index is 11.9. The average Bonchev–Trinajstić information content (AvgIpc) is 3.09. The summed E-state index contributed by atoms with van der Waals surface area (Å²) in [7, 11) is -3.76. The van der Waals surface area contributed by atoms with Gasteiger partial charge in [-0.15, -0.1) is 0 Å². The molecule has 1 heterocycles. The number of rotatable bonds is 17. The Kier molecular flexibility index (Phi) is 11.4. The van der Waals surface area contributed by atoms with E-state index in [1.54, 1.807) is 18.2 Å². The second-order valence-electron chi connectivity index (χ2n) is 6.20. The van der Waals surface area contributed by atoms with E-state index in [4.69, 9.17) is 23.1 Å². The van der Waals surface area contributed by atoms with Gasteiger partial charge in [-0.3, -0.25) is 18.7 Å². The SMILES string of the molecule is O=C1C=CC(=O)N1CCOCCOCCOCCOCCOS(=O)(=O)c1ccccc1. The molecule has 0 aliphatic carbocycles. The molecule has 0 bridgehead atoms. The van der Waals surface area contributed by atoms with Crippen molar-refractivity contribution in [3.8, 4) is 0 Å². The lowest BCUT2D eigenvalue weighted by Gasteiger charge is -2.13. The van der Waals surface area contributed by atoms with Crippen LogP contribution in [0.1, 0.15) is 0 Å². The van der Waals surface area contributed by atoms with Gasteiger partial charge in [0.25, 0.3) is 21.9 Å². The molecule has 0 N–H and O–H groups in total. The van der Waals surface area contributed by atoms with E-state index >= 15 is 0 Å². The molecule has 0 saturated heterocycles. The zero-order chi connectivity index (χ0) is 22.4. The van der Waals surface area contributed by atoms with Crippen molar-refractivity contribution in [2.45, 2.75) is 4.90 Å². The average molecular weight is 458 g/mol. The minimum atomic E-state index is -3.76. The van der Waals surface area contributed by atoms with E-state index in [1.807, 2.05) is 0 Å². The molecule has 1 aliphatic rings. The molecule has 0 aromatic heterocycles. The lowest BCUT2D eigenvalue weighted by atomic mass is 10.4. The van der Waals surface area contributed by atoms with Gasteiger partial charge in [0, 0.05) is 12.2 Å². The Morgan fingerprint density at radius 1 is 0.645 bits per heavy atom. The summed E-state index contributed by atoms with van der Waals surface area (Å²) in [5.74, 6) is -0.647. The molecule has 0 saturated carbocycles. The summed E-state index contributed by atoms with van der Waals surface area (Å²) in [6.45, 7) is 2.66. The maximum absolute atomic E-state index is 11.9. The smallest absolute Gasteiger partial charge is 0.297 e. The first-order valence-corrected chi connectivity index (χ1v) is 11.2. The molecule has 0 radical (unpaired) electrons. The van der Waals surface area contributed by atoms with Crippen LogP contribution >= 0.6 is 0 Å². The zero-order valence-electron chi connectivity index (χ0n) is 17.1. The van der Waals surface area contributed by atoms with E-state index < -0.39 is 10.1 Å². The molecule has 0 spiro atoms. The van der Waals surface area contributed by atoms with Crippen molar-refractivity contribution in [2.75, 3.05) is 66.0 Å². The number of nitrogens with zero attached hydrogens (tertiary/aromatic N) is 1. The molecule has 0 unspecified atom stereocenters. The number of hydrogen-bond donors (Lipinski definition) is 0. The van der Waals surface area contributed by atoms with E-state index in [0.29, 0.717) is 39.6 Å². The van der Waals surface area contributed by atoms with Crippen molar-refractivity contribution in [2.24, 2.45) is 0 Å². The van der Waals surface area contributed by atoms with E-state index in [0.717, 1.165) is 4.90 Å². The third-order valence-corrected chi connectivity index (χ3v) is 5.30. The van der Waals surface area contributed by atoms with Crippen LogP contribution in [0.2, 0.25) is 0 Å². The van der Waals surface area contributed by atoms with Gasteiger partial charge in [-0.25, -0.2) is 0 Å². The molecule has 1 aromatic rings. The first-order valence-electron chi connectivity index (χ1n) is 9.80. The molecule has 1 aliphatic heterocycles. The summed E-state index contributed by atoms with van der Waals surface area (Å²) in [5.41, 5.74) is 0. The summed E-state index contributed by atoms with van der Waals surface area (Å²) in [5, 5.41) is 0. The molecular weight excluding hydrogens is 430 g/mol. The number of carbonyl (C=O) groups excluding carboxylic acids is 2. The molecule has 1 aromatic carbocycles. The van der Waals surface area contributed by atoms with Crippen LogP contribution < -0.4 is 0 Å². The number of imide groups is 1. The van der Waals surface area contributed by atoms with Crippen LogP contribution in [0.25, 0.3) is 0 Å². The Morgan fingerprint density at radius 3 is 1.61 bits per heavy atom. The van der Waals surface area contributed by atoms with Gasteiger partial charge in [0.1, 0.15) is 0 Å². The lowest BCUT2D eigenvalue weighted by molar-refractivity contribution is -0.137. The highest BCUT2D eigenvalue weighted by atomic mass is 32.2. The van der Waals surface area contributed by atoms with Crippen LogP contribution in [-0.2, 0) is 42.8 Å². The van der Waals surface area contributed by atoms with Crippen LogP contribution in [-0.4, -0.2) is 91.1 Å². The van der Waals surface area contributed by atoms with Crippen molar-refractivity contribution in [1.82, 2.24) is 4.90 Å². The molecule has 10 nitrogen and oxygen atoms in total. The quantitative estimate of drug-likeness (QED) is 0.186. The molecule has 31 heavy (non-hydrogen) atoms. The minimum Gasteiger partial charge on any atom is -0.377 e. The van der Waals surface area contributed by atoms with Crippen molar-refractivity contribution >= 4 is 21.9 Å². The minimum absolute atomic E-state index is 0.0725. The number of hydrogen-bond acceptors (Lipinski definition) is 9. The summed E-state index contributed by atoms with van der Waals surface area (Å²) in [4.78, 5) is 23.9. The first-order chi connectivity index (χ1) is 15.0. The highest BCUT2D eigenvalue weighted by molar-refractivity contribution is 7.86. The molecule has 11 heteroatoms. The fourth-order valence-electron chi connectivity index (χ4n) is 2.43. The molecule has 172 valence electrons. The number of benzene rings is 1. The Labute approximate surface area is 181 Å². The number of carbonyl (C=O) groups is 2. The van der Waals surface area contributed by atoms with Crippen LogP contribution in [0.4, 0.5) is 0 Å². The molecule has 2 amide bonds. The van der Waals surface area contributed by atoms with Gasteiger partial charge >= 0.3 is 0 Å². The van der Waals surface area contributed by atoms with Crippen molar-refractivity contribution in [1.29, 1.82) is 0 Å². The van der Waals surface area contributed by atoms with Gasteiger partial charge in [0.05, 0.1) is 70.9 Å². The fraction of sp³-hybridized carbons (Fsp3) is 0.500. The van der Waals surface area contributed by atoms with Crippen LogP contribution in [0.5, 0.6) is 0 Å². The van der Waals surface area contributed by atoms with Gasteiger partial charge in [-0.05, 0) is 12.1 Å². The third-order valence-electron chi connectivity index (χ3n) is 3.97. The first kappa shape index (κ1) is 25.1.